The van der Waals surface area contributed by atoms with E-state index in [1.165, 1.54) is 4.90 Å². The fraction of sp³-hybridized carbons (Fsp3) is 0.562. The van der Waals surface area contributed by atoms with E-state index in [0.29, 0.717) is 19.2 Å². The van der Waals surface area contributed by atoms with Crippen molar-refractivity contribution in [3.63, 3.8) is 0 Å². The molecule has 24 heavy (non-hydrogen) atoms. The van der Waals surface area contributed by atoms with E-state index in [-0.39, 0.29) is 6.04 Å². The van der Waals surface area contributed by atoms with Gasteiger partial charge < -0.3 is 10.2 Å². The van der Waals surface area contributed by atoms with Crippen LogP contribution in [0.4, 0.5) is 17.6 Å². The second-order valence-corrected chi connectivity index (χ2v) is 6.17. The number of likely N-dealkylation sites (tertiary alicyclic amines) is 1. The molecule has 3 rings (SSSR count). The molecule has 1 atom stereocenters. The van der Waals surface area contributed by atoms with Crippen LogP contribution in [0.5, 0.6) is 0 Å². The summed E-state index contributed by atoms with van der Waals surface area (Å²) in [5, 5.41) is 3.24. The molecule has 0 radical (unpaired) electrons. The van der Waals surface area contributed by atoms with Crippen LogP contribution in [0.3, 0.4) is 0 Å². The van der Waals surface area contributed by atoms with Gasteiger partial charge in [-0.05, 0) is 24.6 Å². The summed E-state index contributed by atoms with van der Waals surface area (Å²) in [6, 6.07) is 2.38. The predicted octanol–water partition coefficient (Wildman–Crippen LogP) is 1.96. The minimum Gasteiger partial charge on any atom is -0.337 e. The monoisotopic (exact) mass is 345 g/mol. The molecule has 0 aliphatic carbocycles. The molecule has 4 nitrogen and oxygen atoms in total. The van der Waals surface area contributed by atoms with Crippen molar-refractivity contribution in [1.29, 1.82) is 0 Å². The molecule has 1 amide bonds. The summed E-state index contributed by atoms with van der Waals surface area (Å²) in [7, 11) is 0. The van der Waals surface area contributed by atoms with E-state index in [9.17, 15) is 22.4 Å². The quantitative estimate of drug-likeness (QED) is 0.833. The third kappa shape index (κ3) is 3.54. The third-order valence-electron chi connectivity index (χ3n) is 4.64. The number of benzene rings is 1. The SMILES string of the molecule is O=C(c1ccc(F)cc1C(F)(F)F)N1CCC(N2CCNCC2)C1. The molecule has 2 aliphatic rings. The van der Waals surface area contributed by atoms with Gasteiger partial charge in [-0.3, -0.25) is 9.69 Å². The van der Waals surface area contributed by atoms with E-state index in [4.69, 9.17) is 0 Å². The lowest BCUT2D eigenvalue weighted by atomic mass is 10.1. The predicted molar refractivity (Wildman–Crippen MR) is 80.2 cm³/mol. The molecule has 1 N–H and O–H groups in total. The Morgan fingerprint density at radius 1 is 1.17 bits per heavy atom. The molecule has 2 saturated heterocycles. The minimum atomic E-state index is -4.76. The van der Waals surface area contributed by atoms with Crippen molar-refractivity contribution in [2.75, 3.05) is 39.3 Å². The molecule has 0 saturated carbocycles. The summed E-state index contributed by atoms with van der Waals surface area (Å²) < 4.78 is 52.5. The number of alkyl halides is 3. The summed E-state index contributed by atoms with van der Waals surface area (Å²) >= 11 is 0. The van der Waals surface area contributed by atoms with E-state index in [1.54, 1.807) is 0 Å². The number of hydrogen-bond acceptors (Lipinski definition) is 3. The summed E-state index contributed by atoms with van der Waals surface area (Å²) in [5.74, 6) is -1.68. The zero-order valence-electron chi connectivity index (χ0n) is 13.1. The number of amides is 1. The van der Waals surface area contributed by atoms with Gasteiger partial charge in [-0.1, -0.05) is 0 Å². The van der Waals surface area contributed by atoms with Crippen molar-refractivity contribution in [2.45, 2.75) is 18.6 Å². The Morgan fingerprint density at radius 3 is 2.54 bits per heavy atom. The van der Waals surface area contributed by atoms with E-state index >= 15 is 0 Å². The van der Waals surface area contributed by atoms with Gasteiger partial charge in [0.25, 0.3) is 5.91 Å². The number of nitrogens with one attached hydrogen (secondary N) is 1. The molecule has 2 heterocycles. The van der Waals surface area contributed by atoms with Crippen molar-refractivity contribution in [3.8, 4) is 0 Å². The van der Waals surface area contributed by atoms with Gasteiger partial charge in [0.2, 0.25) is 0 Å². The number of piperazine rings is 1. The van der Waals surface area contributed by atoms with Gasteiger partial charge in [0, 0.05) is 45.3 Å². The average Bonchev–Trinajstić information content (AvgIpc) is 3.04. The van der Waals surface area contributed by atoms with E-state index in [0.717, 1.165) is 44.7 Å². The Hall–Kier alpha value is -1.67. The van der Waals surface area contributed by atoms with Crippen molar-refractivity contribution in [3.05, 3.63) is 35.1 Å². The molecular formula is C16H19F4N3O. The molecular weight excluding hydrogens is 326 g/mol. The van der Waals surface area contributed by atoms with Crippen LogP contribution in [0.1, 0.15) is 22.3 Å². The normalized spacial score (nSPS) is 22.8. The molecule has 1 aromatic carbocycles. The largest absolute Gasteiger partial charge is 0.417 e. The van der Waals surface area contributed by atoms with E-state index in [1.807, 2.05) is 0 Å². The lowest BCUT2D eigenvalue weighted by molar-refractivity contribution is -0.138. The fourth-order valence-corrected chi connectivity index (χ4v) is 3.38. The molecule has 1 aromatic rings. The highest BCUT2D eigenvalue weighted by Crippen LogP contribution is 2.33. The number of hydrogen-bond donors (Lipinski definition) is 1. The standard InChI is InChI=1S/C16H19F4N3O/c17-11-1-2-13(14(9-11)16(18,19)20)15(24)23-6-3-12(10-23)22-7-4-21-5-8-22/h1-2,9,12,21H,3-8,10H2. The maximum absolute atomic E-state index is 13.2. The van der Waals surface area contributed by atoms with Crippen LogP contribution >= 0.6 is 0 Å². The van der Waals surface area contributed by atoms with Crippen molar-refractivity contribution in [1.82, 2.24) is 15.1 Å². The maximum Gasteiger partial charge on any atom is 0.417 e. The summed E-state index contributed by atoms with van der Waals surface area (Å²) in [4.78, 5) is 16.2. The van der Waals surface area contributed by atoms with Crippen molar-refractivity contribution < 1.29 is 22.4 Å². The van der Waals surface area contributed by atoms with Gasteiger partial charge in [0.05, 0.1) is 11.1 Å². The smallest absolute Gasteiger partial charge is 0.337 e. The topological polar surface area (TPSA) is 35.6 Å². The minimum absolute atomic E-state index is 0.172. The fourth-order valence-electron chi connectivity index (χ4n) is 3.38. The third-order valence-corrected chi connectivity index (χ3v) is 4.64. The highest BCUT2D eigenvalue weighted by atomic mass is 19.4. The Balaban J connectivity index is 1.76. The number of rotatable bonds is 2. The molecule has 0 spiro atoms. The lowest BCUT2D eigenvalue weighted by Crippen LogP contribution is -2.49. The second-order valence-electron chi connectivity index (χ2n) is 6.17. The van der Waals surface area contributed by atoms with Gasteiger partial charge in [0.15, 0.2) is 0 Å². The zero-order chi connectivity index (χ0) is 17.3. The highest BCUT2D eigenvalue weighted by Gasteiger charge is 2.38. The van der Waals surface area contributed by atoms with Crippen LogP contribution in [0.15, 0.2) is 18.2 Å². The number of carbonyl (C=O) groups is 1. The first-order valence-electron chi connectivity index (χ1n) is 7.97. The second kappa shape index (κ2) is 6.68. The maximum atomic E-state index is 13.2. The van der Waals surface area contributed by atoms with Crippen molar-refractivity contribution >= 4 is 5.91 Å². The number of carbonyl (C=O) groups excluding carboxylic acids is 1. The number of nitrogens with zero attached hydrogens (tertiary/aromatic N) is 2. The molecule has 8 heteroatoms. The van der Waals surface area contributed by atoms with Gasteiger partial charge >= 0.3 is 6.18 Å². The van der Waals surface area contributed by atoms with E-state index in [2.05, 4.69) is 10.2 Å². The first-order valence-corrected chi connectivity index (χ1v) is 7.97. The molecule has 1 unspecified atom stereocenters. The van der Waals surface area contributed by atoms with Crippen molar-refractivity contribution in [2.24, 2.45) is 0 Å². The summed E-state index contributed by atoms with van der Waals surface area (Å²) in [6.07, 6.45) is -4.01. The lowest BCUT2D eigenvalue weighted by Gasteiger charge is -2.32. The number of halogens is 4. The van der Waals surface area contributed by atoms with Gasteiger partial charge in [-0.2, -0.15) is 13.2 Å². The molecule has 132 valence electrons. The summed E-state index contributed by atoms with van der Waals surface area (Å²) in [6.45, 7) is 4.32. The molecule has 2 aliphatic heterocycles. The van der Waals surface area contributed by atoms with Gasteiger partial charge in [0.1, 0.15) is 5.82 Å². The van der Waals surface area contributed by atoms with Crippen LogP contribution in [-0.2, 0) is 6.18 Å². The molecule has 2 fully saturated rings. The Labute approximate surface area is 137 Å². The first kappa shape index (κ1) is 17.2. The Bertz CT molecular complexity index is 614. The Kier molecular flexibility index (Phi) is 4.78. The Morgan fingerprint density at radius 2 is 1.88 bits per heavy atom. The molecule has 0 aromatic heterocycles. The molecule has 0 bridgehead atoms. The van der Waals surface area contributed by atoms with Crippen LogP contribution < -0.4 is 5.32 Å². The van der Waals surface area contributed by atoms with Crippen LogP contribution in [0.2, 0.25) is 0 Å². The zero-order valence-corrected chi connectivity index (χ0v) is 13.1. The van der Waals surface area contributed by atoms with Gasteiger partial charge in [-0.25, -0.2) is 4.39 Å². The van der Waals surface area contributed by atoms with Crippen LogP contribution in [0, 0.1) is 5.82 Å². The first-order chi connectivity index (χ1) is 11.4. The highest BCUT2D eigenvalue weighted by molar-refractivity contribution is 5.96. The summed E-state index contributed by atoms with van der Waals surface area (Å²) in [5.41, 5.74) is -1.69. The van der Waals surface area contributed by atoms with E-state index < -0.39 is 29.0 Å². The van der Waals surface area contributed by atoms with Crippen LogP contribution in [0.25, 0.3) is 0 Å². The van der Waals surface area contributed by atoms with Gasteiger partial charge in [-0.15, -0.1) is 0 Å². The van der Waals surface area contributed by atoms with Crippen LogP contribution in [-0.4, -0.2) is 61.0 Å². The average molecular weight is 345 g/mol.